The average molecular weight is 349 g/mol. The van der Waals surface area contributed by atoms with Crippen molar-refractivity contribution in [3.63, 3.8) is 0 Å². The highest BCUT2D eigenvalue weighted by atomic mass is 35.5. The largest absolute Gasteiger partial charge is 0.347 e. The molecule has 0 atom stereocenters. The van der Waals surface area contributed by atoms with E-state index in [4.69, 9.17) is 11.6 Å². The van der Waals surface area contributed by atoms with Crippen LogP contribution in [0.5, 0.6) is 0 Å². The minimum absolute atomic E-state index is 0.0410. The molecule has 3 rings (SSSR count). The molecular weight excluding hydrogens is 340 g/mol. The van der Waals surface area contributed by atoms with Crippen LogP contribution in [0.3, 0.4) is 0 Å². The van der Waals surface area contributed by atoms with Crippen LogP contribution in [0.15, 0.2) is 68.3 Å². The van der Waals surface area contributed by atoms with Crippen molar-refractivity contribution in [2.24, 2.45) is 0 Å². The SMILES string of the molecule is N#C/C(=C1\Nc2ccccc2S1)S(=O)(=O)c1ccc(Cl)cc1. The summed E-state index contributed by atoms with van der Waals surface area (Å²) in [6, 6.07) is 15.0. The molecule has 0 unspecified atom stereocenters. The fraction of sp³-hybridized carbons (Fsp3) is 0. The molecule has 0 saturated heterocycles. The molecule has 0 aliphatic carbocycles. The summed E-state index contributed by atoms with van der Waals surface area (Å²) in [4.78, 5) is 0.631. The lowest BCUT2D eigenvalue weighted by molar-refractivity contribution is 0.603. The minimum atomic E-state index is -3.89. The molecule has 0 bridgehead atoms. The third-order valence-corrected chi connectivity index (χ3v) is 6.24. The normalized spacial score (nSPS) is 15.6. The Kier molecular flexibility index (Phi) is 3.87. The number of anilines is 1. The van der Waals surface area contributed by atoms with Crippen LogP contribution in [-0.4, -0.2) is 8.42 Å². The summed E-state index contributed by atoms with van der Waals surface area (Å²) in [6.07, 6.45) is 0. The van der Waals surface area contributed by atoms with Gasteiger partial charge in [-0.3, -0.25) is 0 Å². The van der Waals surface area contributed by atoms with E-state index >= 15 is 0 Å². The van der Waals surface area contributed by atoms with Gasteiger partial charge in [0.2, 0.25) is 9.84 Å². The molecule has 1 aliphatic heterocycles. The topological polar surface area (TPSA) is 70.0 Å². The first-order valence-electron chi connectivity index (χ1n) is 6.21. The molecule has 1 heterocycles. The molecule has 0 amide bonds. The van der Waals surface area contributed by atoms with Crippen LogP contribution in [0, 0.1) is 11.3 Å². The monoisotopic (exact) mass is 348 g/mol. The van der Waals surface area contributed by atoms with Crippen molar-refractivity contribution in [1.29, 1.82) is 5.26 Å². The van der Waals surface area contributed by atoms with Crippen molar-refractivity contribution in [3.8, 4) is 6.07 Å². The Balaban J connectivity index is 2.08. The van der Waals surface area contributed by atoms with E-state index in [0.29, 0.717) is 10.1 Å². The van der Waals surface area contributed by atoms with Crippen molar-refractivity contribution >= 4 is 38.9 Å². The number of halogens is 1. The lowest BCUT2D eigenvalue weighted by atomic mass is 10.3. The Morgan fingerprint density at radius 2 is 1.82 bits per heavy atom. The summed E-state index contributed by atoms with van der Waals surface area (Å²) in [6.45, 7) is 0. The van der Waals surface area contributed by atoms with Gasteiger partial charge in [-0.2, -0.15) is 5.26 Å². The van der Waals surface area contributed by atoms with E-state index in [1.807, 2.05) is 30.3 Å². The van der Waals surface area contributed by atoms with Crippen molar-refractivity contribution in [1.82, 2.24) is 0 Å². The summed E-state index contributed by atoms with van der Waals surface area (Å²) < 4.78 is 25.3. The highest BCUT2D eigenvalue weighted by molar-refractivity contribution is 8.05. The van der Waals surface area contributed by atoms with Gasteiger partial charge < -0.3 is 5.32 Å². The summed E-state index contributed by atoms with van der Waals surface area (Å²) in [5.41, 5.74) is 0.793. The zero-order chi connectivity index (χ0) is 15.7. The van der Waals surface area contributed by atoms with E-state index in [0.717, 1.165) is 10.6 Å². The zero-order valence-electron chi connectivity index (χ0n) is 11.1. The number of nitrogens with zero attached hydrogens (tertiary/aromatic N) is 1. The molecule has 1 N–H and O–H groups in total. The van der Waals surface area contributed by atoms with Gasteiger partial charge in [0.25, 0.3) is 0 Å². The molecule has 1 aliphatic rings. The van der Waals surface area contributed by atoms with Crippen LogP contribution in [0.2, 0.25) is 5.02 Å². The Bertz CT molecular complexity index is 886. The first-order valence-corrected chi connectivity index (χ1v) is 8.89. The van der Waals surface area contributed by atoms with Crippen molar-refractivity contribution in [2.75, 3.05) is 5.32 Å². The number of hydrogen-bond acceptors (Lipinski definition) is 5. The summed E-state index contributed by atoms with van der Waals surface area (Å²) in [5.74, 6) is 0. The van der Waals surface area contributed by atoms with Gasteiger partial charge in [0, 0.05) is 9.92 Å². The molecule has 0 spiro atoms. The van der Waals surface area contributed by atoms with Crippen LogP contribution in [-0.2, 0) is 9.84 Å². The third-order valence-electron chi connectivity index (χ3n) is 3.05. The standard InChI is InChI=1S/C15H9ClN2O2S2/c16-10-5-7-11(8-6-10)22(19,20)14(9-17)15-18-12-3-1-2-4-13(12)21-15/h1-8,18H/b15-14-. The quantitative estimate of drug-likeness (QED) is 0.830. The number of nitriles is 1. The summed E-state index contributed by atoms with van der Waals surface area (Å²) in [7, 11) is -3.89. The maximum atomic E-state index is 12.6. The summed E-state index contributed by atoms with van der Waals surface area (Å²) in [5, 5.41) is 13.1. The fourth-order valence-corrected chi connectivity index (χ4v) is 4.60. The highest BCUT2D eigenvalue weighted by Gasteiger charge is 2.28. The lowest BCUT2D eigenvalue weighted by Gasteiger charge is -2.06. The Morgan fingerprint density at radius 1 is 1.14 bits per heavy atom. The average Bonchev–Trinajstić information content (AvgIpc) is 2.91. The maximum Gasteiger partial charge on any atom is 0.219 e. The van der Waals surface area contributed by atoms with Crippen molar-refractivity contribution < 1.29 is 8.42 Å². The van der Waals surface area contributed by atoms with Gasteiger partial charge in [-0.05, 0) is 36.4 Å². The van der Waals surface area contributed by atoms with E-state index in [-0.39, 0.29) is 9.80 Å². The summed E-state index contributed by atoms with van der Waals surface area (Å²) >= 11 is 7.01. The highest BCUT2D eigenvalue weighted by Crippen LogP contribution is 2.43. The number of hydrogen-bond donors (Lipinski definition) is 1. The molecule has 0 radical (unpaired) electrons. The molecule has 0 saturated carbocycles. The van der Waals surface area contributed by atoms with E-state index < -0.39 is 9.84 Å². The van der Waals surface area contributed by atoms with Gasteiger partial charge in [0.1, 0.15) is 11.1 Å². The number of sulfone groups is 1. The molecule has 4 nitrogen and oxygen atoms in total. The first-order chi connectivity index (χ1) is 10.5. The molecule has 0 aromatic heterocycles. The zero-order valence-corrected chi connectivity index (χ0v) is 13.5. The molecule has 7 heteroatoms. The number of para-hydroxylation sites is 1. The number of benzene rings is 2. The van der Waals surface area contributed by atoms with Gasteiger partial charge in [-0.15, -0.1) is 0 Å². The second kappa shape index (κ2) is 5.69. The van der Waals surface area contributed by atoms with E-state index in [2.05, 4.69) is 5.32 Å². The number of fused-ring (bicyclic) bond motifs is 1. The predicted octanol–water partition coefficient (Wildman–Crippen LogP) is 4.02. The van der Waals surface area contributed by atoms with E-state index in [1.54, 1.807) is 0 Å². The maximum absolute atomic E-state index is 12.6. The predicted molar refractivity (Wildman–Crippen MR) is 87.2 cm³/mol. The van der Waals surface area contributed by atoms with Gasteiger partial charge in [0.05, 0.1) is 10.6 Å². The second-order valence-corrected chi connectivity index (χ2v) is 7.83. The van der Waals surface area contributed by atoms with Crippen LogP contribution in [0.4, 0.5) is 5.69 Å². The van der Waals surface area contributed by atoms with Crippen LogP contribution in [0.25, 0.3) is 0 Å². The molecule has 2 aromatic carbocycles. The third kappa shape index (κ3) is 2.59. The van der Waals surface area contributed by atoms with E-state index in [9.17, 15) is 13.7 Å². The van der Waals surface area contributed by atoms with Gasteiger partial charge in [-0.25, -0.2) is 8.42 Å². The number of allylic oxidation sites excluding steroid dienone is 1. The smallest absolute Gasteiger partial charge is 0.219 e. The fourth-order valence-electron chi connectivity index (χ4n) is 1.98. The Morgan fingerprint density at radius 3 is 2.45 bits per heavy atom. The lowest BCUT2D eigenvalue weighted by Crippen LogP contribution is -2.07. The molecule has 110 valence electrons. The second-order valence-electron chi connectivity index (χ2n) is 4.45. The minimum Gasteiger partial charge on any atom is -0.347 e. The van der Waals surface area contributed by atoms with Gasteiger partial charge in [0.15, 0.2) is 4.91 Å². The molecule has 2 aromatic rings. The number of thioether (sulfide) groups is 1. The van der Waals surface area contributed by atoms with Crippen LogP contribution in [0.1, 0.15) is 0 Å². The molecule has 22 heavy (non-hydrogen) atoms. The number of nitrogens with one attached hydrogen (secondary N) is 1. The van der Waals surface area contributed by atoms with Gasteiger partial charge in [-0.1, -0.05) is 35.5 Å². The van der Waals surface area contributed by atoms with Crippen molar-refractivity contribution in [3.05, 3.63) is 63.5 Å². The van der Waals surface area contributed by atoms with Gasteiger partial charge >= 0.3 is 0 Å². The van der Waals surface area contributed by atoms with Crippen LogP contribution >= 0.6 is 23.4 Å². The molecule has 0 fully saturated rings. The van der Waals surface area contributed by atoms with Crippen LogP contribution < -0.4 is 5.32 Å². The Hall–Kier alpha value is -1.94. The molecular formula is C15H9ClN2O2S2. The first kappa shape index (κ1) is 15.0. The van der Waals surface area contributed by atoms with E-state index in [1.165, 1.54) is 36.0 Å². The number of rotatable bonds is 2. The Labute approximate surface area is 137 Å². The van der Waals surface area contributed by atoms with Crippen molar-refractivity contribution in [2.45, 2.75) is 9.79 Å².